The lowest BCUT2D eigenvalue weighted by molar-refractivity contribution is 0.437. The Morgan fingerprint density at radius 1 is 1.14 bits per heavy atom. The molecule has 2 aromatic rings. The highest BCUT2D eigenvalue weighted by atomic mass is 32.2. The van der Waals surface area contributed by atoms with Gasteiger partial charge in [-0.05, 0) is 6.42 Å². The highest BCUT2D eigenvalue weighted by Gasteiger charge is 2.23. The van der Waals surface area contributed by atoms with E-state index in [9.17, 15) is 8.42 Å². The normalized spacial score (nSPS) is 18.1. The second-order valence-corrected chi connectivity index (χ2v) is 7.19. The number of hydrogen-bond donors (Lipinski definition) is 0. The molecule has 0 aromatic carbocycles. The van der Waals surface area contributed by atoms with Gasteiger partial charge < -0.3 is 4.90 Å². The molecule has 0 amide bonds. The van der Waals surface area contributed by atoms with Gasteiger partial charge in [-0.2, -0.15) is 5.10 Å². The number of sulfonamides is 1. The van der Waals surface area contributed by atoms with Gasteiger partial charge in [-0.1, -0.05) is 0 Å². The van der Waals surface area contributed by atoms with Gasteiger partial charge in [0.15, 0.2) is 5.65 Å². The lowest BCUT2D eigenvalue weighted by Gasteiger charge is -2.22. The third kappa shape index (κ3) is 2.70. The van der Waals surface area contributed by atoms with Crippen molar-refractivity contribution in [1.29, 1.82) is 0 Å². The Labute approximate surface area is 123 Å². The predicted molar refractivity (Wildman–Crippen MR) is 79.6 cm³/mol. The van der Waals surface area contributed by atoms with Gasteiger partial charge in [-0.3, -0.25) is 4.68 Å². The summed E-state index contributed by atoms with van der Waals surface area (Å²) in [5.74, 6) is 0.823. The summed E-state index contributed by atoms with van der Waals surface area (Å²) in [5, 5.41) is 5.11. The molecule has 0 saturated carbocycles. The van der Waals surface area contributed by atoms with Gasteiger partial charge >= 0.3 is 0 Å². The molecule has 1 aliphatic heterocycles. The summed E-state index contributed by atoms with van der Waals surface area (Å²) in [6.45, 7) is 2.42. The molecule has 1 fully saturated rings. The maximum absolute atomic E-state index is 11.7. The molecule has 0 unspecified atom stereocenters. The summed E-state index contributed by atoms with van der Waals surface area (Å²) in [5.41, 5.74) is 0.782. The highest BCUT2D eigenvalue weighted by Crippen LogP contribution is 2.23. The van der Waals surface area contributed by atoms with Crippen LogP contribution in [0.1, 0.15) is 6.42 Å². The van der Waals surface area contributed by atoms with Crippen molar-refractivity contribution in [3.63, 3.8) is 0 Å². The number of aryl methyl sites for hydroxylation is 1. The van der Waals surface area contributed by atoms with E-state index in [0.717, 1.165) is 29.8 Å². The van der Waals surface area contributed by atoms with Crippen molar-refractivity contribution in [3.8, 4) is 0 Å². The van der Waals surface area contributed by atoms with E-state index in [1.165, 1.54) is 16.9 Å². The molecule has 0 radical (unpaired) electrons. The smallest absolute Gasteiger partial charge is 0.211 e. The largest absolute Gasteiger partial charge is 0.355 e. The molecular formula is C12H18N6O2S. The Hall–Kier alpha value is -1.74. The Morgan fingerprint density at radius 3 is 2.71 bits per heavy atom. The maximum atomic E-state index is 11.7. The zero-order chi connectivity index (χ0) is 15.0. The van der Waals surface area contributed by atoms with E-state index >= 15 is 0 Å². The quantitative estimate of drug-likeness (QED) is 0.766. The van der Waals surface area contributed by atoms with Crippen molar-refractivity contribution in [2.45, 2.75) is 6.42 Å². The minimum Gasteiger partial charge on any atom is -0.355 e. The third-order valence-corrected chi connectivity index (χ3v) is 5.04. The van der Waals surface area contributed by atoms with Crippen LogP contribution in [-0.4, -0.2) is 64.9 Å². The van der Waals surface area contributed by atoms with Crippen molar-refractivity contribution >= 4 is 26.9 Å². The summed E-state index contributed by atoms with van der Waals surface area (Å²) >= 11 is 0. The van der Waals surface area contributed by atoms with Crippen molar-refractivity contribution in [1.82, 2.24) is 24.1 Å². The average molecular weight is 310 g/mol. The molecule has 1 saturated heterocycles. The molecule has 0 bridgehead atoms. The standard InChI is InChI=1S/C12H18N6O2S/c1-16-11-10(8-15-16)12(14-9-13-11)17-4-3-5-18(7-6-17)21(2,19)20/h8-9H,3-7H2,1-2H3. The number of anilines is 1. The Bertz CT molecular complexity index is 756. The molecule has 21 heavy (non-hydrogen) atoms. The van der Waals surface area contributed by atoms with E-state index < -0.39 is 10.0 Å². The fraction of sp³-hybridized carbons (Fsp3) is 0.583. The van der Waals surface area contributed by atoms with E-state index in [-0.39, 0.29) is 0 Å². The topological polar surface area (TPSA) is 84.2 Å². The zero-order valence-corrected chi connectivity index (χ0v) is 12.9. The summed E-state index contributed by atoms with van der Waals surface area (Å²) in [6, 6.07) is 0. The molecule has 1 aliphatic rings. The second kappa shape index (κ2) is 5.23. The van der Waals surface area contributed by atoms with Crippen LogP contribution in [0.25, 0.3) is 11.0 Å². The van der Waals surface area contributed by atoms with Gasteiger partial charge in [0.25, 0.3) is 0 Å². The first-order valence-electron chi connectivity index (χ1n) is 6.79. The van der Waals surface area contributed by atoms with E-state index in [2.05, 4.69) is 20.0 Å². The van der Waals surface area contributed by atoms with Gasteiger partial charge in [0, 0.05) is 33.2 Å². The fourth-order valence-electron chi connectivity index (χ4n) is 2.64. The van der Waals surface area contributed by atoms with Gasteiger partial charge in [0.1, 0.15) is 12.1 Å². The van der Waals surface area contributed by atoms with Crippen molar-refractivity contribution < 1.29 is 8.42 Å². The number of fused-ring (bicyclic) bond motifs is 1. The highest BCUT2D eigenvalue weighted by molar-refractivity contribution is 7.88. The Balaban J connectivity index is 1.90. The van der Waals surface area contributed by atoms with Gasteiger partial charge in [-0.25, -0.2) is 22.7 Å². The lowest BCUT2D eigenvalue weighted by Crippen LogP contribution is -2.34. The van der Waals surface area contributed by atoms with Crippen LogP contribution in [0, 0.1) is 0 Å². The average Bonchev–Trinajstić information content (AvgIpc) is 2.67. The first-order valence-corrected chi connectivity index (χ1v) is 8.64. The van der Waals surface area contributed by atoms with Crippen LogP contribution < -0.4 is 4.90 Å². The Morgan fingerprint density at radius 2 is 1.95 bits per heavy atom. The van der Waals surface area contributed by atoms with E-state index in [1.54, 1.807) is 10.9 Å². The minimum absolute atomic E-state index is 0.477. The molecule has 0 atom stereocenters. The van der Waals surface area contributed by atoms with Crippen LogP contribution in [-0.2, 0) is 17.1 Å². The SMILES string of the molecule is Cn1ncc2c(N3CCCN(S(C)(=O)=O)CC3)ncnc21. The Kier molecular flexibility index (Phi) is 3.54. The zero-order valence-electron chi connectivity index (χ0n) is 12.1. The molecular weight excluding hydrogens is 292 g/mol. The third-order valence-electron chi connectivity index (χ3n) is 3.73. The molecule has 8 nitrogen and oxygen atoms in total. The van der Waals surface area contributed by atoms with Crippen LogP contribution in [0.15, 0.2) is 12.5 Å². The molecule has 114 valence electrons. The van der Waals surface area contributed by atoms with Crippen molar-refractivity contribution in [2.75, 3.05) is 37.3 Å². The summed E-state index contributed by atoms with van der Waals surface area (Å²) in [6.07, 6.45) is 5.31. The molecule has 0 aliphatic carbocycles. The van der Waals surface area contributed by atoms with Gasteiger partial charge in [0.05, 0.1) is 17.8 Å². The second-order valence-electron chi connectivity index (χ2n) is 5.21. The molecule has 3 rings (SSSR count). The van der Waals surface area contributed by atoms with E-state index in [0.29, 0.717) is 19.6 Å². The first-order chi connectivity index (χ1) is 9.97. The van der Waals surface area contributed by atoms with Crippen LogP contribution in [0.4, 0.5) is 5.82 Å². The summed E-state index contributed by atoms with van der Waals surface area (Å²) in [4.78, 5) is 10.7. The van der Waals surface area contributed by atoms with Crippen molar-refractivity contribution in [2.24, 2.45) is 7.05 Å². The van der Waals surface area contributed by atoms with E-state index in [1.807, 2.05) is 7.05 Å². The molecule has 2 aromatic heterocycles. The van der Waals surface area contributed by atoms with Crippen molar-refractivity contribution in [3.05, 3.63) is 12.5 Å². The first kappa shape index (κ1) is 14.2. The number of rotatable bonds is 2. The maximum Gasteiger partial charge on any atom is 0.211 e. The van der Waals surface area contributed by atoms with Crippen LogP contribution in [0.3, 0.4) is 0 Å². The molecule has 9 heteroatoms. The van der Waals surface area contributed by atoms with Crippen LogP contribution >= 0.6 is 0 Å². The summed E-state index contributed by atoms with van der Waals surface area (Å²) in [7, 11) is -1.30. The minimum atomic E-state index is -3.14. The monoisotopic (exact) mass is 310 g/mol. The number of nitrogens with zero attached hydrogens (tertiary/aromatic N) is 6. The van der Waals surface area contributed by atoms with E-state index in [4.69, 9.17) is 0 Å². The van der Waals surface area contributed by atoms with Gasteiger partial charge in [0.2, 0.25) is 10.0 Å². The summed E-state index contributed by atoms with van der Waals surface area (Å²) < 4.78 is 26.6. The number of hydrogen-bond acceptors (Lipinski definition) is 6. The van der Waals surface area contributed by atoms with Crippen LogP contribution in [0.5, 0.6) is 0 Å². The predicted octanol–water partition coefficient (Wildman–Crippen LogP) is -0.165. The number of aromatic nitrogens is 4. The molecule has 3 heterocycles. The van der Waals surface area contributed by atoms with Crippen LogP contribution in [0.2, 0.25) is 0 Å². The lowest BCUT2D eigenvalue weighted by atomic mass is 10.3. The molecule has 0 spiro atoms. The fourth-order valence-corrected chi connectivity index (χ4v) is 3.51. The van der Waals surface area contributed by atoms with Gasteiger partial charge in [-0.15, -0.1) is 0 Å². The molecule has 0 N–H and O–H groups in total.